The van der Waals surface area contributed by atoms with E-state index in [0.29, 0.717) is 5.56 Å². The van der Waals surface area contributed by atoms with Crippen molar-refractivity contribution in [2.24, 2.45) is 0 Å². The molecule has 1 heterocycles. The molecule has 0 amide bonds. The van der Waals surface area contributed by atoms with Crippen molar-refractivity contribution in [2.45, 2.75) is 18.4 Å². The highest BCUT2D eigenvalue weighted by Crippen LogP contribution is 2.28. The van der Waals surface area contributed by atoms with Gasteiger partial charge in [0.1, 0.15) is 0 Å². The van der Waals surface area contributed by atoms with Crippen LogP contribution in [0.3, 0.4) is 0 Å². The fourth-order valence-corrected chi connectivity index (χ4v) is 1.59. The predicted octanol–water partition coefficient (Wildman–Crippen LogP) is 2.55. The van der Waals surface area contributed by atoms with E-state index in [0.717, 1.165) is 6.20 Å². The van der Waals surface area contributed by atoms with E-state index in [1.54, 1.807) is 0 Å². The first-order valence-corrected chi connectivity index (χ1v) is 4.85. The van der Waals surface area contributed by atoms with E-state index in [-0.39, 0.29) is 10.9 Å². The highest BCUT2D eigenvalue weighted by Gasteiger charge is 2.21. The minimum Gasteiger partial charge on any atom is -0.392 e. The summed E-state index contributed by atoms with van der Waals surface area (Å²) in [4.78, 5) is 3.19. The van der Waals surface area contributed by atoms with Gasteiger partial charge in [-0.3, -0.25) is 0 Å². The molecule has 0 saturated heterocycles. The summed E-state index contributed by atoms with van der Waals surface area (Å²) in [6, 6.07) is 0. The van der Waals surface area contributed by atoms with Gasteiger partial charge in [-0.2, -0.15) is 4.39 Å². The van der Waals surface area contributed by atoms with Crippen molar-refractivity contribution in [1.29, 1.82) is 0 Å². The molecule has 0 atom stereocenters. The summed E-state index contributed by atoms with van der Waals surface area (Å²) in [6.07, 6.45) is -1.84. The second-order valence-corrected chi connectivity index (χ2v) is 3.12. The minimum atomic E-state index is -2.97. The maximum absolute atomic E-state index is 12.9. The first-order valence-electron chi connectivity index (χ1n) is 3.73. The number of hydrogen-bond donors (Lipinski definition) is 1. The number of hydrogen-bond acceptors (Lipinski definition) is 2. The molecular weight excluding hydrogens is 263 g/mol. The Morgan fingerprint density at radius 1 is 1.50 bits per heavy atom. The van der Waals surface area contributed by atoms with Gasteiger partial charge >= 0.3 is 0 Å². The van der Waals surface area contributed by atoms with Crippen LogP contribution in [-0.4, -0.2) is 10.1 Å². The second-order valence-electron chi connectivity index (χ2n) is 2.56. The van der Waals surface area contributed by atoms with E-state index in [1.807, 2.05) is 0 Å². The van der Waals surface area contributed by atoms with Gasteiger partial charge in [0.2, 0.25) is 5.95 Å². The Morgan fingerprint density at radius 3 is 2.57 bits per heavy atom. The Morgan fingerprint density at radius 2 is 2.14 bits per heavy atom. The molecule has 1 aromatic rings. The zero-order valence-corrected chi connectivity index (χ0v) is 8.56. The van der Waals surface area contributed by atoms with Crippen LogP contribution in [-0.2, 0) is 11.9 Å². The molecule has 1 N–H and O–H groups in total. The highest BCUT2D eigenvalue weighted by molar-refractivity contribution is 9.08. The summed E-state index contributed by atoms with van der Waals surface area (Å²) in [6.45, 7) is -0.625. The van der Waals surface area contributed by atoms with Gasteiger partial charge in [-0.25, -0.2) is 13.8 Å². The van der Waals surface area contributed by atoms with Crippen molar-refractivity contribution >= 4 is 15.9 Å². The van der Waals surface area contributed by atoms with Crippen molar-refractivity contribution in [3.05, 3.63) is 28.8 Å². The van der Waals surface area contributed by atoms with Gasteiger partial charge in [-0.1, -0.05) is 15.9 Å². The Kier molecular flexibility index (Phi) is 3.88. The number of rotatable bonds is 3. The van der Waals surface area contributed by atoms with Crippen LogP contribution in [0.5, 0.6) is 0 Å². The van der Waals surface area contributed by atoms with Crippen LogP contribution in [0.15, 0.2) is 6.20 Å². The van der Waals surface area contributed by atoms with Crippen molar-refractivity contribution in [3.8, 4) is 0 Å². The number of aromatic nitrogens is 1. The molecule has 14 heavy (non-hydrogen) atoms. The van der Waals surface area contributed by atoms with E-state index in [4.69, 9.17) is 5.11 Å². The zero-order chi connectivity index (χ0) is 10.7. The van der Waals surface area contributed by atoms with Crippen molar-refractivity contribution in [2.75, 3.05) is 0 Å². The summed E-state index contributed by atoms with van der Waals surface area (Å²) in [5, 5.41) is 9.10. The van der Waals surface area contributed by atoms with E-state index in [2.05, 4.69) is 20.9 Å². The van der Waals surface area contributed by atoms with E-state index < -0.39 is 24.5 Å². The Balaban J connectivity index is 3.35. The molecule has 1 rings (SSSR count). The molecule has 0 aliphatic heterocycles. The largest absolute Gasteiger partial charge is 0.392 e. The maximum Gasteiger partial charge on any atom is 0.268 e. The zero-order valence-electron chi connectivity index (χ0n) is 6.98. The lowest BCUT2D eigenvalue weighted by atomic mass is 10.1. The number of alkyl halides is 3. The highest BCUT2D eigenvalue weighted by atomic mass is 79.9. The van der Waals surface area contributed by atoms with Crippen LogP contribution >= 0.6 is 15.9 Å². The molecule has 0 radical (unpaired) electrons. The number of nitrogens with zero attached hydrogens (tertiary/aromatic N) is 1. The van der Waals surface area contributed by atoms with Gasteiger partial charge in [0.25, 0.3) is 6.43 Å². The topological polar surface area (TPSA) is 33.1 Å². The van der Waals surface area contributed by atoms with Crippen LogP contribution in [0.4, 0.5) is 13.2 Å². The van der Waals surface area contributed by atoms with Crippen LogP contribution in [0.2, 0.25) is 0 Å². The lowest BCUT2D eigenvalue weighted by Gasteiger charge is -2.10. The summed E-state index contributed by atoms with van der Waals surface area (Å²) in [5.74, 6) is -1.23. The fraction of sp³-hybridized carbons (Fsp3) is 0.375. The van der Waals surface area contributed by atoms with E-state index >= 15 is 0 Å². The summed E-state index contributed by atoms with van der Waals surface area (Å²) in [7, 11) is 0. The Bertz CT molecular complexity index is 333. The van der Waals surface area contributed by atoms with Crippen molar-refractivity contribution in [1.82, 2.24) is 4.98 Å². The third kappa shape index (κ3) is 2.06. The molecule has 0 aliphatic rings. The van der Waals surface area contributed by atoms with Crippen LogP contribution in [0, 0.1) is 5.95 Å². The number of pyridine rings is 1. The molecule has 6 heteroatoms. The van der Waals surface area contributed by atoms with Gasteiger partial charge in [-0.05, 0) is 11.1 Å². The normalized spacial score (nSPS) is 11.0. The van der Waals surface area contributed by atoms with Gasteiger partial charge < -0.3 is 5.11 Å². The summed E-state index contributed by atoms with van der Waals surface area (Å²) >= 11 is 3.04. The Hall–Kier alpha value is -0.620. The molecule has 0 fully saturated rings. The van der Waals surface area contributed by atoms with Crippen molar-refractivity contribution in [3.63, 3.8) is 0 Å². The molecule has 0 aliphatic carbocycles. The first kappa shape index (κ1) is 11.5. The molecule has 0 spiro atoms. The van der Waals surface area contributed by atoms with Crippen molar-refractivity contribution < 1.29 is 18.3 Å². The molecular formula is C8H7BrF3NO. The summed E-state index contributed by atoms with van der Waals surface area (Å²) in [5.41, 5.74) is -0.543. The van der Waals surface area contributed by atoms with Crippen LogP contribution < -0.4 is 0 Å². The average Bonchev–Trinajstić information content (AvgIpc) is 2.16. The second kappa shape index (κ2) is 4.75. The third-order valence-corrected chi connectivity index (χ3v) is 2.39. The van der Waals surface area contributed by atoms with Crippen LogP contribution in [0.25, 0.3) is 0 Å². The van der Waals surface area contributed by atoms with Gasteiger partial charge in [0.05, 0.1) is 12.2 Å². The fourth-order valence-electron chi connectivity index (χ4n) is 1.10. The Labute approximate surface area is 86.9 Å². The quantitative estimate of drug-likeness (QED) is 0.676. The van der Waals surface area contributed by atoms with Gasteiger partial charge in [-0.15, -0.1) is 0 Å². The third-order valence-electron chi connectivity index (χ3n) is 1.79. The standard InChI is InChI=1S/C8H7BrF3NO/c9-1-4-2-13-8(12)6(7(10)11)5(4)3-14/h2,7,14H,1,3H2. The monoisotopic (exact) mass is 269 g/mol. The molecule has 0 saturated carbocycles. The molecule has 1 aromatic heterocycles. The lowest BCUT2D eigenvalue weighted by Crippen LogP contribution is -2.05. The molecule has 0 unspecified atom stereocenters. The first-order chi connectivity index (χ1) is 6.61. The number of aliphatic hydroxyl groups is 1. The summed E-state index contributed by atoms with van der Waals surface area (Å²) < 4.78 is 37.7. The predicted molar refractivity (Wildman–Crippen MR) is 47.7 cm³/mol. The minimum absolute atomic E-state index is 0.0932. The van der Waals surface area contributed by atoms with Gasteiger partial charge in [0, 0.05) is 11.5 Å². The molecule has 0 bridgehead atoms. The van der Waals surface area contributed by atoms with E-state index in [1.165, 1.54) is 0 Å². The van der Waals surface area contributed by atoms with E-state index in [9.17, 15) is 13.2 Å². The SMILES string of the molecule is OCc1c(CBr)cnc(F)c1C(F)F. The number of halogens is 4. The molecule has 2 nitrogen and oxygen atoms in total. The smallest absolute Gasteiger partial charge is 0.268 e. The number of aliphatic hydroxyl groups excluding tert-OH is 1. The molecule has 78 valence electrons. The van der Waals surface area contributed by atoms with Gasteiger partial charge in [0.15, 0.2) is 0 Å². The average molecular weight is 270 g/mol. The molecule has 0 aromatic carbocycles. The lowest BCUT2D eigenvalue weighted by molar-refractivity contribution is 0.140. The maximum atomic E-state index is 12.9. The van der Waals surface area contributed by atoms with Crippen LogP contribution in [0.1, 0.15) is 23.1 Å².